The molecule has 0 unspecified atom stereocenters. The van der Waals surface area contributed by atoms with E-state index in [0.29, 0.717) is 0 Å². The van der Waals surface area contributed by atoms with Gasteiger partial charge in [-0.1, -0.05) is 5.92 Å². The van der Waals surface area contributed by atoms with Crippen LogP contribution in [0.4, 0.5) is 5.69 Å². The molecule has 0 bridgehead atoms. The Hall–Kier alpha value is -1.82. The first-order chi connectivity index (χ1) is 5.74. The van der Waals surface area contributed by atoms with Gasteiger partial charge in [0.25, 0.3) is 5.69 Å². The molecular weight excluding hydrogens is 154 g/mol. The second-order valence-corrected chi connectivity index (χ2v) is 2.18. The van der Waals surface area contributed by atoms with Crippen molar-refractivity contribution in [1.29, 1.82) is 0 Å². The molecule has 1 aromatic rings. The van der Waals surface area contributed by atoms with E-state index in [1.54, 1.807) is 19.1 Å². The van der Waals surface area contributed by atoms with Crippen LogP contribution in [0.3, 0.4) is 0 Å². The van der Waals surface area contributed by atoms with Gasteiger partial charge in [-0.05, 0) is 19.1 Å². The van der Waals surface area contributed by atoms with Crippen LogP contribution in [-0.4, -0.2) is 4.92 Å². The smallest absolute Gasteiger partial charge is 0.258 e. The summed E-state index contributed by atoms with van der Waals surface area (Å²) in [5.74, 6) is 5.51. The number of nitro benzene ring substituents is 1. The van der Waals surface area contributed by atoms with Crippen LogP contribution in [-0.2, 0) is 0 Å². The summed E-state index contributed by atoms with van der Waals surface area (Å²) in [6.45, 7) is 1.72. The Morgan fingerprint density at radius 2 is 1.92 bits per heavy atom. The van der Waals surface area contributed by atoms with E-state index in [1.807, 2.05) is 0 Å². The lowest BCUT2D eigenvalue weighted by atomic mass is 10.2. The van der Waals surface area contributed by atoms with E-state index >= 15 is 0 Å². The zero-order chi connectivity index (χ0) is 8.97. The highest BCUT2D eigenvalue weighted by atomic mass is 16.6. The molecule has 0 saturated carbocycles. The largest absolute Gasteiger partial charge is 0.269 e. The van der Waals surface area contributed by atoms with Crippen molar-refractivity contribution in [2.24, 2.45) is 0 Å². The van der Waals surface area contributed by atoms with E-state index in [2.05, 4.69) is 11.8 Å². The third kappa shape index (κ3) is 1.83. The van der Waals surface area contributed by atoms with Crippen molar-refractivity contribution >= 4 is 5.69 Å². The summed E-state index contributed by atoms with van der Waals surface area (Å²) >= 11 is 0. The minimum Gasteiger partial charge on any atom is -0.258 e. The molecule has 0 spiro atoms. The van der Waals surface area contributed by atoms with E-state index in [-0.39, 0.29) is 5.69 Å². The molecule has 0 aliphatic carbocycles. The van der Waals surface area contributed by atoms with Crippen molar-refractivity contribution in [1.82, 2.24) is 0 Å². The fourth-order valence-corrected chi connectivity index (χ4v) is 0.811. The van der Waals surface area contributed by atoms with E-state index in [1.165, 1.54) is 12.1 Å². The lowest BCUT2D eigenvalue weighted by molar-refractivity contribution is -0.384. The van der Waals surface area contributed by atoms with Gasteiger partial charge in [0.05, 0.1) is 4.92 Å². The second-order valence-electron chi connectivity index (χ2n) is 2.18. The molecule has 60 valence electrons. The molecule has 12 heavy (non-hydrogen) atoms. The number of non-ortho nitro benzene ring substituents is 1. The Balaban J connectivity index is 2.98. The summed E-state index contributed by atoms with van der Waals surface area (Å²) in [5, 5.41) is 10.2. The first kappa shape index (κ1) is 8.28. The zero-order valence-corrected chi connectivity index (χ0v) is 6.57. The maximum Gasteiger partial charge on any atom is 0.269 e. The number of benzene rings is 1. The van der Waals surface area contributed by atoms with E-state index < -0.39 is 4.92 Å². The number of nitro groups is 1. The second kappa shape index (κ2) is 3.54. The van der Waals surface area contributed by atoms with Gasteiger partial charge in [-0.15, -0.1) is 5.92 Å². The topological polar surface area (TPSA) is 43.1 Å². The van der Waals surface area contributed by atoms with Crippen molar-refractivity contribution in [3.8, 4) is 11.8 Å². The molecule has 0 aliphatic rings. The van der Waals surface area contributed by atoms with Crippen LogP contribution in [0.2, 0.25) is 0 Å². The highest BCUT2D eigenvalue weighted by Gasteiger charge is 2.01. The van der Waals surface area contributed by atoms with Gasteiger partial charge >= 0.3 is 0 Å². The van der Waals surface area contributed by atoms with Crippen LogP contribution < -0.4 is 0 Å². The van der Waals surface area contributed by atoms with Crippen LogP contribution in [0, 0.1) is 22.0 Å². The molecule has 0 fully saturated rings. The van der Waals surface area contributed by atoms with Crippen molar-refractivity contribution in [3.05, 3.63) is 39.9 Å². The molecular formula is C9H7NO2. The van der Waals surface area contributed by atoms with E-state index in [4.69, 9.17) is 0 Å². The first-order valence-electron chi connectivity index (χ1n) is 3.41. The Morgan fingerprint density at radius 3 is 2.33 bits per heavy atom. The Kier molecular flexibility index (Phi) is 2.44. The minimum absolute atomic E-state index is 0.0941. The Morgan fingerprint density at radius 1 is 1.33 bits per heavy atom. The summed E-state index contributed by atoms with van der Waals surface area (Å²) in [6, 6.07) is 6.16. The van der Waals surface area contributed by atoms with E-state index in [0.717, 1.165) is 5.56 Å². The molecule has 0 heterocycles. The summed E-state index contributed by atoms with van der Waals surface area (Å²) in [7, 11) is 0. The molecule has 0 atom stereocenters. The minimum atomic E-state index is -0.427. The van der Waals surface area contributed by atoms with Crippen molar-refractivity contribution in [3.63, 3.8) is 0 Å². The molecule has 0 amide bonds. The average Bonchev–Trinajstić information content (AvgIpc) is 2.06. The van der Waals surface area contributed by atoms with Crippen LogP contribution in [0.25, 0.3) is 0 Å². The predicted molar refractivity (Wildman–Crippen MR) is 45.6 cm³/mol. The average molecular weight is 161 g/mol. The van der Waals surface area contributed by atoms with Gasteiger partial charge in [0.2, 0.25) is 0 Å². The fourth-order valence-electron chi connectivity index (χ4n) is 0.811. The first-order valence-corrected chi connectivity index (χ1v) is 3.41. The normalized spacial score (nSPS) is 8.42. The van der Waals surface area contributed by atoms with Crippen molar-refractivity contribution in [2.45, 2.75) is 6.92 Å². The third-order valence-corrected chi connectivity index (χ3v) is 1.35. The van der Waals surface area contributed by atoms with Gasteiger partial charge in [-0.3, -0.25) is 10.1 Å². The predicted octanol–water partition coefficient (Wildman–Crippen LogP) is 1.97. The summed E-state index contributed by atoms with van der Waals surface area (Å²) < 4.78 is 0. The molecule has 0 aliphatic heterocycles. The van der Waals surface area contributed by atoms with Crippen LogP contribution >= 0.6 is 0 Å². The maximum atomic E-state index is 10.2. The summed E-state index contributed by atoms with van der Waals surface area (Å²) in [5.41, 5.74) is 0.889. The monoisotopic (exact) mass is 161 g/mol. The third-order valence-electron chi connectivity index (χ3n) is 1.35. The Bertz CT molecular complexity index is 343. The van der Waals surface area contributed by atoms with Crippen molar-refractivity contribution < 1.29 is 4.92 Å². The molecule has 3 nitrogen and oxygen atoms in total. The maximum absolute atomic E-state index is 10.2. The van der Waals surface area contributed by atoms with Gasteiger partial charge in [0.1, 0.15) is 0 Å². The quantitative estimate of drug-likeness (QED) is 0.359. The molecule has 1 rings (SSSR count). The standard InChI is InChI=1S/C9H7NO2/c1-2-3-8-4-6-9(7-5-8)10(11)12/h4-7H,1H3. The van der Waals surface area contributed by atoms with Crippen LogP contribution in [0.5, 0.6) is 0 Å². The van der Waals surface area contributed by atoms with Crippen molar-refractivity contribution in [2.75, 3.05) is 0 Å². The number of nitrogens with zero attached hydrogens (tertiary/aromatic N) is 1. The van der Waals surface area contributed by atoms with Gasteiger partial charge in [0.15, 0.2) is 0 Å². The molecule has 0 aromatic heterocycles. The number of hydrogen-bond donors (Lipinski definition) is 0. The molecule has 0 saturated heterocycles. The van der Waals surface area contributed by atoms with Crippen LogP contribution in [0.1, 0.15) is 12.5 Å². The van der Waals surface area contributed by atoms with Gasteiger partial charge in [0, 0.05) is 17.7 Å². The molecule has 0 radical (unpaired) electrons. The molecule has 1 aromatic carbocycles. The zero-order valence-electron chi connectivity index (χ0n) is 6.57. The number of rotatable bonds is 1. The van der Waals surface area contributed by atoms with Gasteiger partial charge in [-0.2, -0.15) is 0 Å². The van der Waals surface area contributed by atoms with Crippen LogP contribution in [0.15, 0.2) is 24.3 Å². The molecule has 0 N–H and O–H groups in total. The SMILES string of the molecule is CC#Cc1ccc([N+](=O)[O-])cc1. The lowest BCUT2D eigenvalue weighted by Gasteiger charge is -1.90. The van der Waals surface area contributed by atoms with Gasteiger partial charge in [-0.25, -0.2) is 0 Å². The lowest BCUT2D eigenvalue weighted by Crippen LogP contribution is -1.86. The fraction of sp³-hybridized carbons (Fsp3) is 0.111. The molecule has 3 heteroatoms. The number of hydrogen-bond acceptors (Lipinski definition) is 2. The highest BCUT2D eigenvalue weighted by Crippen LogP contribution is 2.10. The summed E-state index contributed by atoms with van der Waals surface area (Å²) in [4.78, 5) is 9.81. The summed E-state index contributed by atoms with van der Waals surface area (Å²) in [6.07, 6.45) is 0. The van der Waals surface area contributed by atoms with E-state index in [9.17, 15) is 10.1 Å². The Labute approximate surface area is 70.2 Å². The van der Waals surface area contributed by atoms with Gasteiger partial charge < -0.3 is 0 Å². The highest BCUT2D eigenvalue weighted by molar-refractivity contribution is 5.40.